The molecule has 12 heteroatoms. The third-order valence-corrected chi connectivity index (χ3v) is 12.2. The first-order chi connectivity index (χ1) is 19.2. The summed E-state index contributed by atoms with van der Waals surface area (Å²) in [5.74, 6) is -1.93. The van der Waals surface area contributed by atoms with Crippen LogP contribution in [0.1, 0.15) is 58.8 Å². The Balaban J connectivity index is 1.28. The van der Waals surface area contributed by atoms with E-state index in [4.69, 9.17) is 14.2 Å². The number of ether oxygens (including phenoxy) is 3. The molecule has 2 heterocycles. The number of hydrogen-bond donors (Lipinski definition) is 8. The number of fused-ring (bicyclic) bond motifs is 5. The Hall–Kier alpha value is -1.19. The highest BCUT2D eigenvalue weighted by molar-refractivity contribution is 5.85. The summed E-state index contributed by atoms with van der Waals surface area (Å²) >= 11 is 0. The van der Waals surface area contributed by atoms with Crippen LogP contribution in [0.15, 0.2) is 11.6 Å². The van der Waals surface area contributed by atoms with E-state index in [-0.39, 0.29) is 38.2 Å². The minimum atomic E-state index is -1.67. The summed E-state index contributed by atoms with van der Waals surface area (Å²) in [7, 11) is 0. The summed E-state index contributed by atoms with van der Waals surface area (Å²) in [6.07, 6.45) is -6.68. The zero-order valence-corrected chi connectivity index (χ0v) is 23.5. The minimum absolute atomic E-state index is 0.0369. The first kappa shape index (κ1) is 29.9. The van der Waals surface area contributed by atoms with Gasteiger partial charge in [-0.2, -0.15) is 0 Å². The second kappa shape index (κ2) is 9.91. The molecule has 41 heavy (non-hydrogen) atoms. The van der Waals surface area contributed by atoms with Crippen molar-refractivity contribution in [1.82, 2.24) is 0 Å². The third kappa shape index (κ3) is 3.99. The minimum Gasteiger partial charge on any atom is -0.458 e. The summed E-state index contributed by atoms with van der Waals surface area (Å²) in [6, 6.07) is 0. The highest BCUT2D eigenvalue weighted by atomic mass is 16.7. The number of cyclic esters (lactones) is 1. The molecule has 6 rings (SSSR count). The molecule has 12 nitrogen and oxygen atoms in total. The molecule has 2 aliphatic heterocycles. The Labute approximate surface area is 238 Å². The van der Waals surface area contributed by atoms with Crippen LogP contribution in [-0.2, 0) is 19.0 Å². The molecule has 5 fully saturated rings. The first-order valence-electron chi connectivity index (χ1n) is 14.9. The zero-order chi connectivity index (χ0) is 29.7. The fourth-order valence-electron chi connectivity index (χ4n) is 10.1. The standard InChI is InChI=1S/C29H44O12/c1-13-22(34)23(35)24(36)25(40-13)41-15-8-19(32)28(12-30)21-17(3-5-27(28,37)9-15)29(38)6-4-16(14-7-20(33)39-11-14)26(29,2)10-18(21)31/h7,13,15-19,21-25,30-32,34-38H,3-6,8-12H2,1-2H3/t13-,15-,16-,17+,18+,19-,21+,22-,23+,24+,25-,26+,27-,28+,29-/m0/s1. The van der Waals surface area contributed by atoms with Gasteiger partial charge in [0.25, 0.3) is 0 Å². The van der Waals surface area contributed by atoms with Gasteiger partial charge in [0.1, 0.15) is 24.9 Å². The monoisotopic (exact) mass is 584 g/mol. The van der Waals surface area contributed by atoms with E-state index in [0.29, 0.717) is 19.3 Å². The Morgan fingerprint density at radius 1 is 1.02 bits per heavy atom. The SMILES string of the molecule is C[C@@H]1O[C@@H](O[C@H]2C[C@H](O)[C@]3(CO)[C@H]4[C@H](O)C[C@]5(C)[C@H](C6=CC(=O)OC6)CC[C@]5(O)[C@@H]4CC[C@]3(O)C2)[C@H](O)[C@H](O)[C@H]1O. The van der Waals surface area contributed by atoms with Crippen molar-refractivity contribution < 1.29 is 59.9 Å². The first-order valence-corrected chi connectivity index (χ1v) is 14.9. The Bertz CT molecular complexity index is 1080. The number of hydrogen-bond acceptors (Lipinski definition) is 12. The van der Waals surface area contributed by atoms with Gasteiger partial charge in [-0.15, -0.1) is 0 Å². The highest BCUT2D eigenvalue weighted by Gasteiger charge is 2.75. The van der Waals surface area contributed by atoms with Crippen molar-refractivity contribution in [3.63, 3.8) is 0 Å². The molecular weight excluding hydrogens is 540 g/mol. The van der Waals surface area contributed by atoms with Crippen LogP contribution >= 0.6 is 0 Å². The topological polar surface area (TPSA) is 207 Å². The molecule has 0 aromatic heterocycles. The average Bonchev–Trinajstić information content (AvgIpc) is 3.45. The summed E-state index contributed by atoms with van der Waals surface area (Å²) in [6.45, 7) is 3.00. The van der Waals surface area contributed by atoms with E-state index in [0.717, 1.165) is 5.57 Å². The Morgan fingerprint density at radius 3 is 2.41 bits per heavy atom. The van der Waals surface area contributed by atoms with E-state index in [2.05, 4.69) is 0 Å². The maximum Gasteiger partial charge on any atom is 0.331 e. The van der Waals surface area contributed by atoms with Gasteiger partial charge in [-0.05, 0) is 56.4 Å². The Kier molecular flexibility index (Phi) is 7.22. The maximum absolute atomic E-state index is 12.4. The van der Waals surface area contributed by atoms with Crippen LogP contribution in [0.2, 0.25) is 0 Å². The lowest BCUT2D eigenvalue weighted by molar-refractivity contribution is -0.342. The van der Waals surface area contributed by atoms with E-state index >= 15 is 0 Å². The van der Waals surface area contributed by atoms with Gasteiger partial charge in [0.15, 0.2) is 6.29 Å². The summed E-state index contributed by atoms with van der Waals surface area (Å²) in [5.41, 5.74) is -4.46. The number of rotatable bonds is 4. The van der Waals surface area contributed by atoms with Gasteiger partial charge in [-0.1, -0.05) is 6.92 Å². The predicted octanol–water partition coefficient (Wildman–Crippen LogP) is -1.51. The molecule has 0 radical (unpaired) electrons. The van der Waals surface area contributed by atoms with E-state index < -0.39 is 95.5 Å². The van der Waals surface area contributed by atoms with Crippen molar-refractivity contribution in [2.75, 3.05) is 13.2 Å². The molecule has 232 valence electrons. The van der Waals surface area contributed by atoms with Crippen LogP contribution in [0.4, 0.5) is 0 Å². The van der Waals surface area contributed by atoms with Gasteiger partial charge in [0.05, 0.1) is 47.6 Å². The lowest BCUT2D eigenvalue weighted by atomic mass is 9.40. The van der Waals surface area contributed by atoms with Gasteiger partial charge >= 0.3 is 5.97 Å². The smallest absolute Gasteiger partial charge is 0.331 e. The average molecular weight is 585 g/mol. The summed E-state index contributed by atoms with van der Waals surface area (Å²) < 4.78 is 16.7. The molecule has 8 N–H and O–H groups in total. The molecule has 0 bridgehead atoms. The van der Waals surface area contributed by atoms with Crippen molar-refractivity contribution in [2.24, 2.45) is 28.6 Å². The second-order valence-electron chi connectivity index (χ2n) is 13.8. The number of carbonyl (C=O) groups is 1. The van der Waals surface area contributed by atoms with Crippen LogP contribution in [0.25, 0.3) is 0 Å². The van der Waals surface area contributed by atoms with Crippen LogP contribution in [0.3, 0.4) is 0 Å². The quantitative estimate of drug-likeness (QED) is 0.140. The lowest BCUT2D eigenvalue weighted by Crippen LogP contribution is -2.76. The van der Waals surface area contributed by atoms with Gasteiger partial charge in [-0.3, -0.25) is 0 Å². The molecule has 6 aliphatic rings. The van der Waals surface area contributed by atoms with Crippen molar-refractivity contribution in [3.05, 3.63) is 11.6 Å². The number of aliphatic hydroxyl groups is 8. The normalized spacial score (nSPS) is 56.9. The van der Waals surface area contributed by atoms with Crippen LogP contribution in [0.5, 0.6) is 0 Å². The fourth-order valence-corrected chi connectivity index (χ4v) is 10.1. The molecule has 1 saturated heterocycles. The maximum atomic E-state index is 12.4. The van der Waals surface area contributed by atoms with E-state index in [1.165, 1.54) is 13.0 Å². The number of esters is 1. The third-order valence-electron chi connectivity index (χ3n) is 12.2. The largest absolute Gasteiger partial charge is 0.458 e. The fraction of sp³-hybridized carbons (Fsp3) is 0.897. The number of aliphatic hydroxyl groups excluding tert-OH is 6. The number of carbonyl (C=O) groups excluding carboxylic acids is 1. The van der Waals surface area contributed by atoms with Crippen LogP contribution in [-0.4, -0.2) is 120 Å². The van der Waals surface area contributed by atoms with Crippen LogP contribution in [0, 0.1) is 28.6 Å². The van der Waals surface area contributed by atoms with Crippen LogP contribution < -0.4 is 0 Å². The molecule has 0 spiro atoms. The summed E-state index contributed by atoms with van der Waals surface area (Å²) in [4.78, 5) is 11.8. The van der Waals surface area contributed by atoms with Gasteiger partial charge < -0.3 is 55.1 Å². The molecule has 0 aromatic rings. The highest BCUT2D eigenvalue weighted by Crippen LogP contribution is 2.70. The van der Waals surface area contributed by atoms with Crippen molar-refractivity contribution in [1.29, 1.82) is 0 Å². The molecule has 0 amide bonds. The summed E-state index contributed by atoms with van der Waals surface area (Å²) in [5, 5.41) is 89.6. The van der Waals surface area contributed by atoms with Crippen molar-refractivity contribution in [2.45, 2.75) is 119 Å². The molecule has 4 saturated carbocycles. The van der Waals surface area contributed by atoms with Gasteiger partial charge in [-0.25, -0.2) is 4.79 Å². The predicted molar refractivity (Wildman–Crippen MR) is 139 cm³/mol. The molecule has 15 atom stereocenters. The van der Waals surface area contributed by atoms with E-state index in [1.54, 1.807) is 0 Å². The molecule has 4 aliphatic carbocycles. The van der Waals surface area contributed by atoms with Crippen molar-refractivity contribution >= 4 is 5.97 Å². The van der Waals surface area contributed by atoms with Gasteiger partial charge in [0, 0.05) is 30.3 Å². The molecular formula is C29H44O12. The molecule has 0 aromatic carbocycles. The lowest BCUT2D eigenvalue weighted by Gasteiger charge is -2.68. The van der Waals surface area contributed by atoms with E-state index in [9.17, 15) is 45.6 Å². The van der Waals surface area contributed by atoms with Gasteiger partial charge in [0.2, 0.25) is 0 Å². The van der Waals surface area contributed by atoms with E-state index in [1.807, 2.05) is 6.92 Å². The Morgan fingerprint density at radius 2 is 1.76 bits per heavy atom. The zero-order valence-electron chi connectivity index (χ0n) is 23.5. The molecule has 0 unspecified atom stereocenters. The van der Waals surface area contributed by atoms with Crippen molar-refractivity contribution in [3.8, 4) is 0 Å². The second-order valence-corrected chi connectivity index (χ2v) is 13.8.